The molecule has 0 saturated carbocycles. The zero-order valence-corrected chi connectivity index (χ0v) is 15.2. The van der Waals surface area contributed by atoms with Crippen LogP contribution in [0.4, 0.5) is 11.6 Å². The molecule has 138 valence electrons. The number of rotatable bonds is 7. The Labute approximate surface area is 157 Å². The minimum Gasteiger partial charge on any atom is -0.489 e. The maximum atomic E-state index is 12.5. The SMILES string of the molecule is CC(C)Oc1ccccc1NC(=O)c1cnc(NCc2ccncc2)nc1. The number of para-hydroxylation sites is 2. The molecule has 1 amide bonds. The zero-order chi connectivity index (χ0) is 19.1. The third kappa shape index (κ3) is 5.24. The average Bonchev–Trinajstić information content (AvgIpc) is 2.69. The number of carbonyl (C=O) groups excluding carboxylic acids is 1. The van der Waals surface area contributed by atoms with Gasteiger partial charge in [0.05, 0.1) is 17.4 Å². The lowest BCUT2D eigenvalue weighted by atomic mass is 10.2. The molecule has 0 aliphatic rings. The highest BCUT2D eigenvalue weighted by Gasteiger charge is 2.11. The number of nitrogens with one attached hydrogen (secondary N) is 2. The fraction of sp³-hybridized carbons (Fsp3) is 0.200. The molecule has 7 heteroatoms. The first-order chi connectivity index (χ1) is 13.1. The Bertz CT molecular complexity index is 882. The van der Waals surface area contributed by atoms with Crippen molar-refractivity contribution >= 4 is 17.5 Å². The van der Waals surface area contributed by atoms with Gasteiger partial charge in [-0.15, -0.1) is 0 Å². The number of carbonyl (C=O) groups is 1. The molecule has 2 aromatic heterocycles. The minimum atomic E-state index is -0.296. The summed E-state index contributed by atoms with van der Waals surface area (Å²) in [5, 5.41) is 5.94. The summed E-state index contributed by atoms with van der Waals surface area (Å²) in [6.07, 6.45) is 6.45. The first-order valence-electron chi connectivity index (χ1n) is 8.63. The molecule has 0 unspecified atom stereocenters. The average molecular weight is 363 g/mol. The molecule has 2 heterocycles. The van der Waals surface area contributed by atoms with Gasteiger partial charge in [0.2, 0.25) is 5.95 Å². The van der Waals surface area contributed by atoms with E-state index in [0.717, 1.165) is 5.56 Å². The third-order valence-corrected chi connectivity index (χ3v) is 3.61. The minimum absolute atomic E-state index is 0.0112. The van der Waals surface area contributed by atoms with Crippen molar-refractivity contribution in [2.24, 2.45) is 0 Å². The summed E-state index contributed by atoms with van der Waals surface area (Å²) in [7, 11) is 0. The van der Waals surface area contributed by atoms with E-state index in [1.54, 1.807) is 18.5 Å². The van der Waals surface area contributed by atoms with Crippen molar-refractivity contribution in [3.63, 3.8) is 0 Å². The number of pyridine rings is 1. The van der Waals surface area contributed by atoms with Gasteiger partial charge >= 0.3 is 0 Å². The quantitative estimate of drug-likeness (QED) is 0.668. The van der Waals surface area contributed by atoms with Crippen LogP contribution in [0.5, 0.6) is 5.75 Å². The van der Waals surface area contributed by atoms with Crippen LogP contribution in [0, 0.1) is 0 Å². The molecule has 0 saturated heterocycles. The van der Waals surface area contributed by atoms with E-state index >= 15 is 0 Å². The molecule has 0 radical (unpaired) electrons. The fourth-order valence-electron chi connectivity index (χ4n) is 2.34. The van der Waals surface area contributed by atoms with Gasteiger partial charge in [-0.1, -0.05) is 12.1 Å². The van der Waals surface area contributed by atoms with E-state index in [-0.39, 0.29) is 12.0 Å². The number of aromatic nitrogens is 3. The molecule has 0 spiro atoms. The standard InChI is InChI=1S/C20H21N5O2/c1-14(2)27-18-6-4-3-5-17(18)25-19(26)16-12-23-20(24-13-16)22-11-15-7-9-21-10-8-15/h3-10,12-14H,11H2,1-2H3,(H,25,26)(H,22,23,24). The lowest BCUT2D eigenvalue weighted by Gasteiger charge is -2.14. The van der Waals surface area contributed by atoms with E-state index in [4.69, 9.17) is 4.74 Å². The van der Waals surface area contributed by atoms with Gasteiger partial charge in [-0.2, -0.15) is 0 Å². The Morgan fingerprint density at radius 1 is 1.07 bits per heavy atom. The topological polar surface area (TPSA) is 89.0 Å². The van der Waals surface area contributed by atoms with Gasteiger partial charge in [0.1, 0.15) is 5.75 Å². The maximum Gasteiger partial charge on any atom is 0.258 e. The Morgan fingerprint density at radius 2 is 1.78 bits per heavy atom. The Kier molecular flexibility index (Phi) is 5.94. The summed E-state index contributed by atoms with van der Waals surface area (Å²) < 4.78 is 5.71. The fourth-order valence-corrected chi connectivity index (χ4v) is 2.34. The number of ether oxygens (including phenoxy) is 1. The summed E-state index contributed by atoms with van der Waals surface area (Å²) in [6.45, 7) is 4.45. The van der Waals surface area contributed by atoms with Crippen LogP contribution in [0.2, 0.25) is 0 Å². The lowest BCUT2D eigenvalue weighted by molar-refractivity contribution is 0.102. The smallest absolute Gasteiger partial charge is 0.258 e. The van der Waals surface area contributed by atoms with Crippen LogP contribution in [0.15, 0.2) is 61.2 Å². The monoisotopic (exact) mass is 363 g/mol. The van der Waals surface area contributed by atoms with E-state index < -0.39 is 0 Å². The number of nitrogens with zero attached hydrogens (tertiary/aromatic N) is 3. The van der Waals surface area contributed by atoms with Crippen molar-refractivity contribution in [1.29, 1.82) is 0 Å². The van der Waals surface area contributed by atoms with Gasteiger partial charge in [-0.05, 0) is 43.7 Å². The number of benzene rings is 1. The van der Waals surface area contributed by atoms with Crippen molar-refractivity contribution < 1.29 is 9.53 Å². The van der Waals surface area contributed by atoms with Gasteiger partial charge in [0, 0.05) is 31.3 Å². The predicted molar refractivity (Wildman–Crippen MR) is 104 cm³/mol. The van der Waals surface area contributed by atoms with Crippen molar-refractivity contribution in [3.8, 4) is 5.75 Å². The highest BCUT2D eigenvalue weighted by atomic mass is 16.5. The van der Waals surface area contributed by atoms with Crippen LogP contribution in [0.25, 0.3) is 0 Å². The second-order valence-corrected chi connectivity index (χ2v) is 6.12. The summed E-state index contributed by atoms with van der Waals surface area (Å²) >= 11 is 0. The highest BCUT2D eigenvalue weighted by Crippen LogP contribution is 2.25. The lowest BCUT2D eigenvalue weighted by Crippen LogP contribution is -2.15. The normalized spacial score (nSPS) is 10.5. The molecule has 0 fully saturated rings. The molecule has 7 nitrogen and oxygen atoms in total. The van der Waals surface area contributed by atoms with Crippen LogP contribution in [0.3, 0.4) is 0 Å². The van der Waals surface area contributed by atoms with Gasteiger partial charge < -0.3 is 15.4 Å². The number of anilines is 2. The van der Waals surface area contributed by atoms with Gasteiger partial charge in [0.25, 0.3) is 5.91 Å². The molecular weight excluding hydrogens is 342 g/mol. The Hall–Kier alpha value is -3.48. The van der Waals surface area contributed by atoms with Crippen molar-refractivity contribution in [2.45, 2.75) is 26.5 Å². The van der Waals surface area contributed by atoms with E-state index in [9.17, 15) is 4.79 Å². The van der Waals surface area contributed by atoms with Gasteiger partial charge in [-0.3, -0.25) is 9.78 Å². The number of hydrogen-bond acceptors (Lipinski definition) is 6. The van der Waals surface area contributed by atoms with Crippen LogP contribution in [-0.4, -0.2) is 27.0 Å². The Balaban J connectivity index is 1.62. The molecule has 0 bridgehead atoms. The van der Waals surface area contributed by atoms with E-state index in [1.165, 1.54) is 12.4 Å². The zero-order valence-electron chi connectivity index (χ0n) is 15.2. The molecule has 1 aromatic carbocycles. The van der Waals surface area contributed by atoms with Gasteiger partial charge in [0.15, 0.2) is 0 Å². The van der Waals surface area contributed by atoms with Crippen LogP contribution in [-0.2, 0) is 6.54 Å². The van der Waals surface area contributed by atoms with Crippen molar-refractivity contribution in [1.82, 2.24) is 15.0 Å². The first-order valence-corrected chi connectivity index (χ1v) is 8.63. The summed E-state index contributed by atoms with van der Waals surface area (Å²) in [5.74, 6) is 0.778. The maximum absolute atomic E-state index is 12.5. The van der Waals surface area contributed by atoms with Crippen LogP contribution < -0.4 is 15.4 Å². The molecule has 0 aliphatic heterocycles. The van der Waals surface area contributed by atoms with Gasteiger partial charge in [-0.25, -0.2) is 9.97 Å². The van der Waals surface area contributed by atoms with Crippen LogP contribution in [0.1, 0.15) is 29.8 Å². The molecule has 27 heavy (non-hydrogen) atoms. The number of amides is 1. The van der Waals surface area contributed by atoms with E-state index in [0.29, 0.717) is 29.5 Å². The van der Waals surface area contributed by atoms with Crippen molar-refractivity contribution in [2.75, 3.05) is 10.6 Å². The first kappa shape index (κ1) is 18.3. The van der Waals surface area contributed by atoms with Crippen LogP contribution >= 0.6 is 0 Å². The van der Waals surface area contributed by atoms with E-state index in [2.05, 4.69) is 25.6 Å². The van der Waals surface area contributed by atoms with Crippen molar-refractivity contribution in [3.05, 3.63) is 72.3 Å². The summed E-state index contributed by atoms with van der Waals surface area (Å²) in [5.41, 5.74) is 2.04. The Morgan fingerprint density at radius 3 is 2.48 bits per heavy atom. The second kappa shape index (κ2) is 8.75. The number of hydrogen-bond donors (Lipinski definition) is 2. The molecule has 3 aromatic rings. The van der Waals surface area contributed by atoms with E-state index in [1.807, 2.05) is 44.2 Å². The summed E-state index contributed by atoms with van der Waals surface area (Å²) in [4.78, 5) is 24.8. The molecule has 2 N–H and O–H groups in total. The highest BCUT2D eigenvalue weighted by molar-refractivity contribution is 6.04. The predicted octanol–water partition coefficient (Wildman–Crippen LogP) is 3.52. The third-order valence-electron chi connectivity index (χ3n) is 3.61. The molecule has 0 aliphatic carbocycles. The summed E-state index contributed by atoms with van der Waals surface area (Å²) in [6, 6.07) is 11.1. The second-order valence-electron chi connectivity index (χ2n) is 6.12. The molecular formula is C20H21N5O2. The largest absolute Gasteiger partial charge is 0.489 e. The molecule has 0 atom stereocenters. The molecule has 3 rings (SSSR count).